The summed E-state index contributed by atoms with van der Waals surface area (Å²) in [6, 6.07) is 7.46. The highest BCUT2D eigenvalue weighted by Gasteiger charge is 2.53. The smallest absolute Gasteiger partial charge is 0.303 e. The molecule has 2 fully saturated rings. The van der Waals surface area contributed by atoms with Crippen molar-refractivity contribution in [2.75, 3.05) is 6.61 Å². The van der Waals surface area contributed by atoms with Crippen LogP contribution in [-0.4, -0.2) is 109 Å². The number of esters is 2. The van der Waals surface area contributed by atoms with Gasteiger partial charge in [0.25, 0.3) is 0 Å². The van der Waals surface area contributed by atoms with E-state index >= 15 is 0 Å². The van der Waals surface area contributed by atoms with E-state index in [0.29, 0.717) is 5.56 Å². The van der Waals surface area contributed by atoms with Gasteiger partial charge in [-0.15, -0.1) is 0 Å². The molecule has 1 aromatic heterocycles. The summed E-state index contributed by atoms with van der Waals surface area (Å²) in [5, 5.41) is 74.3. The normalized spacial score (nSPS) is 31.0. The number of carbonyl (C=O) groups is 2. The molecule has 16 heteroatoms. The van der Waals surface area contributed by atoms with Gasteiger partial charge in [-0.2, -0.15) is 0 Å². The van der Waals surface area contributed by atoms with Crippen LogP contribution in [0.3, 0.4) is 0 Å². The molecule has 2 aliphatic heterocycles. The highest BCUT2D eigenvalue weighted by molar-refractivity contribution is 5.89. The van der Waals surface area contributed by atoms with E-state index in [2.05, 4.69) is 0 Å². The largest absolute Gasteiger partial charge is 0.508 e. The number of phenols is 3. The van der Waals surface area contributed by atoms with Crippen molar-refractivity contribution in [2.45, 2.75) is 82.0 Å². The minimum atomic E-state index is -1.91. The predicted octanol–water partition coefficient (Wildman–Crippen LogP) is 0.0851. The molecule has 0 amide bonds. The molecule has 47 heavy (non-hydrogen) atoms. The van der Waals surface area contributed by atoms with Gasteiger partial charge >= 0.3 is 11.9 Å². The Hall–Kier alpha value is -4.29. The zero-order chi connectivity index (χ0) is 34.3. The van der Waals surface area contributed by atoms with Crippen molar-refractivity contribution >= 4 is 22.9 Å². The van der Waals surface area contributed by atoms with Crippen molar-refractivity contribution in [2.24, 2.45) is 0 Å². The first-order valence-electron chi connectivity index (χ1n) is 14.5. The van der Waals surface area contributed by atoms with Crippen LogP contribution in [-0.2, 0) is 33.3 Å². The van der Waals surface area contributed by atoms with Crippen molar-refractivity contribution in [3.05, 3.63) is 52.2 Å². The summed E-state index contributed by atoms with van der Waals surface area (Å²) in [7, 11) is 0. The highest BCUT2D eigenvalue weighted by atomic mass is 16.7. The van der Waals surface area contributed by atoms with Gasteiger partial charge in [0.15, 0.2) is 29.5 Å². The van der Waals surface area contributed by atoms with E-state index in [1.54, 1.807) is 0 Å². The van der Waals surface area contributed by atoms with Gasteiger partial charge in [-0.1, -0.05) is 0 Å². The van der Waals surface area contributed by atoms with E-state index in [0.717, 1.165) is 26.0 Å². The lowest BCUT2D eigenvalue weighted by Crippen LogP contribution is -2.63. The van der Waals surface area contributed by atoms with E-state index < -0.39 is 108 Å². The molecule has 3 aromatic rings. The van der Waals surface area contributed by atoms with E-state index in [9.17, 15) is 50.1 Å². The van der Waals surface area contributed by atoms with Crippen molar-refractivity contribution in [1.82, 2.24) is 0 Å². The molecular weight excluding hydrogens is 628 g/mol. The van der Waals surface area contributed by atoms with E-state index in [1.165, 1.54) is 31.2 Å². The zero-order valence-corrected chi connectivity index (χ0v) is 25.2. The quantitative estimate of drug-likeness (QED) is 0.165. The predicted molar refractivity (Wildman–Crippen MR) is 156 cm³/mol. The van der Waals surface area contributed by atoms with Crippen molar-refractivity contribution in [3.63, 3.8) is 0 Å². The Morgan fingerprint density at radius 2 is 1.47 bits per heavy atom. The number of hydrogen-bond donors (Lipinski definition) is 7. The topological polar surface area (TPSA) is 252 Å². The molecular formula is C31H34O16. The Kier molecular flexibility index (Phi) is 9.74. The third-order valence-electron chi connectivity index (χ3n) is 7.95. The van der Waals surface area contributed by atoms with Crippen LogP contribution in [0.25, 0.3) is 22.3 Å². The molecule has 0 bridgehead atoms. The molecule has 5 rings (SSSR count). The number of benzene rings is 2. The number of aliphatic hydroxyl groups is 4. The Morgan fingerprint density at radius 3 is 2.09 bits per heavy atom. The first-order valence-corrected chi connectivity index (χ1v) is 14.5. The van der Waals surface area contributed by atoms with Gasteiger partial charge in [0.1, 0.15) is 65.0 Å². The number of aromatic hydroxyl groups is 3. The molecule has 2 aliphatic rings. The summed E-state index contributed by atoms with van der Waals surface area (Å²) in [6.45, 7) is 2.78. The number of ether oxygens (including phenoxy) is 5. The second-order valence-corrected chi connectivity index (χ2v) is 11.3. The third-order valence-corrected chi connectivity index (χ3v) is 7.95. The summed E-state index contributed by atoms with van der Waals surface area (Å²) < 4.78 is 34.1. The molecule has 3 heterocycles. The Morgan fingerprint density at radius 1 is 0.830 bits per heavy atom. The summed E-state index contributed by atoms with van der Waals surface area (Å²) in [5.41, 5.74) is -1.19. The van der Waals surface area contributed by atoms with Gasteiger partial charge in [-0.05, 0) is 31.2 Å². The van der Waals surface area contributed by atoms with Gasteiger partial charge in [0.2, 0.25) is 0 Å². The van der Waals surface area contributed by atoms with Crippen LogP contribution in [0.2, 0.25) is 0 Å². The minimum Gasteiger partial charge on any atom is -0.508 e. The Balaban J connectivity index is 1.62. The first kappa shape index (κ1) is 34.1. The Labute approximate surface area is 265 Å². The molecule has 2 saturated heterocycles. The standard InChI is InChI=1S/C31H34O16/c1-11-26(43-12(2)33)30(44-13(3)34)25(41)31(42-11)47-29-24(40)23(39)20(10-32)46-28(29)22-17(37)8-16(36)21-18(38)9-19(45-27(21)22)14-4-6-15(35)7-5-14/h4-9,11,20,23-26,28-32,35-37,39-41H,10H2,1-3H3/t11-,20+,23+,24-,25+,26-,28-,29+,30-,31-/m0/s1. The molecule has 0 aliphatic carbocycles. The molecule has 0 radical (unpaired) electrons. The third kappa shape index (κ3) is 6.62. The number of aliphatic hydroxyl groups excluding tert-OH is 4. The molecule has 16 nitrogen and oxygen atoms in total. The van der Waals surface area contributed by atoms with Gasteiger partial charge < -0.3 is 63.8 Å². The van der Waals surface area contributed by atoms with E-state index in [4.69, 9.17) is 28.1 Å². The fourth-order valence-electron chi connectivity index (χ4n) is 5.78. The van der Waals surface area contributed by atoms with Gasteiger partial charge in [0.05, 0.1) is 18.3 Å². The molecule has 2 aromatic carbocycles. The van der Waals surface area contributed by atoms with Gasteiger partial charge in [-0.25, -0.2) is 0 Å². The van der Waals surface area contributed by atoms with Crippen LogP contribution in [0.4, 0.5) is 0 Å². The second-order valence-electron chi connectivity index (χ2n) is 11.3. The van der Waals surface area contributed by atoms with Crippen molar-refractivity contribution in [1.29, 1.82) is 0 Å². The summed E-state index contributed by atoms with van der Waals surface area (Å²) in [4.78, 5) is 36.9. The van der Waals surface area contributed by atoms with Crippen molar-refractivity contribution in [3.8, 4) is 28.6 Å². The number of fused-ring (bicyclic) bond motifs is 1. The second kappa shape index (κ2) is 13.4. The maximum absolute atomic E-state index is 13.3. The van der Waals surface area contributed by atoms with Crippen LogP contribution < -0.4 is 5.43 Å². The van der Waals surface area contributed by atoms with Crippen LogP contribution >= 0.6 is 0 Å². The average molecular weight is 663 g/mol. The molecule has 0 unspecified atom stereocenters. The monoisotopic (exact) mass is 662 g/mol. The van der Waals surface area contributed by atoms with Gasteiger partial charge in [-0.3, -0.25) is 14.4 Å². The van der Waals surface area contributed by atoms with Crippen LogP contribution in [0.5, 0.6) is 17.2 Å². The lowest BCUT2D eigenvalue weighted by Gasteiger charge is -2.47. The lowest BCUT2D eigenvalue weighted by molar-refractivity contribution is -0.339. The highest BCUT2D eigenvalue weighted by Crippen LogP contribution is 2.45. The lowest BCUT2D eigenvalue weighted by atomic mass is 9.89. The summed E-state index contributed by atoms with van der Waals surface area (Å²) >= 11 is 0. The SMILES string of the molecule is CC(=O)O[C@@H]1[C@@H](OC(C)=O)[C@@H](O)[C@H](O[C@@H]2[C@@H](O)[C@H](O)[C@@H](CO)O[C@H]2c2c(O)cc(O)c3c(=O)cc(-c4ccc(O)cc4)oc23)O[C@H]1C. The average Bonchev–Trinajstić information content (AvgIpc) is 3.00. The van der Waals surface area contributed by atoms with Crippen LogP contribution in [0.1, 0.15) is 32.4 Å². The van der Waals surface area contributed by atoms with E-state index in [1.807, 2.05) is 0 Å². The Bertz CT molecular complexity index is 1690. The minimum absolute atomic E-state index is 0.0538. The fraction of sp³-hybridized carbons (Fsp3) is 0.452. The van der Waals surface area contributed by atoms with Gasteiger partial charge in [0, 0.05) is 31.5 Å². The molecule has 0 spiro atoms. The van der Waals surface area contributed by atoms with Crippen LogP contribution in [0.15, 0.2) is 45.6 Å². The maximum Gasteiger partial charge on any atom is 0.303 e. The summed E-state index contributed by atoms with van der Waals surface area (Å²) in [5.74, 6) is -3.08. The molecule has 254 valence electrons. The number of phenolic OH excluding ortho intramolecular Hbond substituents is 3. The fourth-order valence-corrected chi connectivity index (χ4v) is 5.78. The van der Waals surface area contributed by atoms with E-state index in [-0.39, 0.29) is 17.1 Å². The number of hydrogen-bond acceptors (Lipinski definition) is 16. The molecule has 7 N–H and O–H groups in total. The van der Waals surface area contributed by atoms with Crippen LogP contribution in [0, 0.1) is 0 Å². The van der Waals surface area contributed by atoms with Crippen molar-refractivity contribution < 1.29 is 73.4 Å². The summed E-state index contributed by atoms with van der Waals surface area (Å²) in [6.07, 6.45) is -16.0. The molecule has 10 atom stereocenters. The molecule has 0 saturated carbocycles. The number of rotatable bonds is 7. The first-order chi connectivity index (χ1) is 22.2. The maximum atomic E-state index is 13.3. The zero-order valence-electron chi connectivity index (χ0n) is 25.2. The number of carbonyl (C=O) groups excluding carboxylic acids is 2.